The number of imide groups is 1. The van der Waals surface area contributed by atoms with Crippen molar-refractivity contribution in [2.45, 2.75) is 12.2 Å². The maximum atomic E-state index is 12.2. The normalized spacial score (nSPS) is 35.5. The summed E-state index contributed by atoms with van der Waals surface area (Å²) >= 11 is 0. The average molecular weight is 267 g/mol. The van der Waals surface area contributed by atoms with Gasteiger partial charge in [0.2, 0.25) is 11.8 Å². The fraction of sp³-hybridized carbons (Fsp3) is 0.692. The van der Waals surface area contributed by atoms with Crippen molar-refractivity contribution in [2.75, 3.05) is 33.5 Å². The van der Waals surface area contributed by atoms with E-state index < -0.39 is 0 Å². The topological polar surface area (TPSA) is 65.1 Å². The Morgan fingerprint density at radius 2 is 1.74 bits per heavy atom. The molecule has 3 heterocycles. The van der Waals surface area contributed by atoms with Crippen molar-refractivity contribution in [3.63, 3.8) is 0 Å². The molecule has 19 heavy (non-hydrogen) atoms. The minimum absolute atomic E-state index is 0.123. The van der Waals surface area contributed by atoms with Crippen LogP contribution in [0.4, 0.5) is 0 Å². The summed E-state index contributed by atoms with van der Waals surface area (Å²) in [5.41, 5.74) is 0. The zero-order valence-electron chi connectivity index (χ0n) is 10.8. The van der Waals surface area contributed by atoms with Crippen LogP contribution in [0.15, 0.2) is 12.2 Å². The number of methoxy groups -OCH3 is 1. The first-order valence-corrected chi connectivity index (χ1v) is 6.49. The Kier molecular flexibility index (Phi) is 3.38. The number of amides is 2. The first kappa shape index (κ1) is 12.8. The number of carbonyl (C=O) groups excluding carboxylic acids is 2. The summed E-state index contributed by atoms with van der Waals surface area (Å²) in [6.45, 7) is 1.64. The zero-order valence-corrected chi connectivity index (χ0v) is 10.8. The summed E-state index contributed by atoms with van der Waals surface area (Å²) in [5.74, 6) is -0.882. The van der Waals surface area contributed by atoms with E-state index in [1.807, 2.05) is 12.2 Å². The molecule has 0 radical (unpaired) electrons. The molecule has 0 spiro atoms. The highest BCUT2D eigenvalue weighted by Crippen LogP contribution is 2.44. The van der Waals surface area contributed by atoms with Gasteiger partial charge in [-0.1, -0.05) is 12.2 Å². The minimum Gasteiger partial charge on any atom is -0.382 e. The summed E-state index contributed by atoms with van der Waals surface area (Å²) in [5, 5.41) is 0. The van der Waals surface area contributed by atoms with E-state index in [2.05, 4.69) is 0 Å². The highest BCUT2D eigenvalue weighted by Gasteiger charge is 2.60. The molecule has 0 aromatic rings. The fourth-order valence-electron chi connectivity index (χ4n) is 2.99. The molecule has 104 valence electrons. The van der Waals surface area contributed by atoms with Gasteiger partial charge in [0, 0.05) is 7.11 Å². The van der Waals surface area contributed by atoms with Crippen molar-refractivity contribution in [2.24, 2.45) is 11.8 Å². The Morgan fingerprint density at radius 3 is 2.32 bits per heavy atom. The number of ether oxygens (including phenoxy) is 3. The van der Waals surface area contributed by atoms with E-state index in [4.69, 9.17) is 14.2 Å². The van der Waals surface area contributed by atoms with Gasteiger partial charge in [-0.25, -0.2) is 0 Å². The molecule has 0 N–H and O–H groups in total. The predicted molar refractivity (Wildman–Crippen MR) is 64.2 cm³/mol. The number of hydrogen-bond acceptors (Lipinski definition) is 5. The maximum absolute atomic E-state index is 12.2. The molecule has 2 fully saturated rings. The van der Waals surface area contributed by atoms with Crippen molar-refractivity contribution < 1.29 is 23.8 Å². The number of carbonyl (C=O) groups is 2. The lowest BCUT2D eigenvalue weighted by Crippen LogP contribution is -2.37. The Labute approximate surface area is 111 Å². The highest BCUT2D eigenvalue weighted by atomic mass is 16.5. The van der Waals surface area contributed by atoms with Gasteiger partial charge in [-0.2, -0.15) is 0 Å². The van der Waals surface area contributed by atoms with Crippen LogP contribution in [0.1, 0.15) is 0 Å². The standard InChI is InChI=1S/C13H17NO5/c1-17-6-7-18-5-4-14-12(15)10-8-2-3-9(19-8)11(10)13(14)16/h2-3,8-11H,4-7H2,1H3. The third-order valence-electron chi connectivity index (χ3n) is 3.89. The lowest BCUT2D eigenvalue weighted by Gasteiger charge is -2.17. The number of hydrogen-bond donors (Lipinski definition) is 0. The van der Waals surface area contributed by atoms with E-state index in [1.54, 1.807) is 7.11 Å². The van der Waals surface area contributed by atoms with E-state index in [-0.39, 0.29) is 35.9 Å². The maximum Gasteiger partial charge on any atom is 0.236 e. The summed E-state index contributed by atoms with van der Waals surface area (Å²) < 4.78 is 15.7. The van der Waals surface area contributed by atoms with E-state index >= 15 is 0 Å². The molecular weight excluding hydrogens is 250 g/mol. The summed E-state index contributed by atoms with van der Waals surface area (Å²) in [7, 11) is 1.60. The van der Waals surface area contributed by atoms with Crippen LogP contribution in [-0.4, -0.2) is 62.4 Å². The van der Waals surface area contributed by atoms with Crippen molar-refractivity contribution in [1.29, 1.82) is 0 Å². The van der Waals surface area contributed by atoms with E-state index in [9.17, 15) is 9.59 Å². The second-order valence-corrected chi connectivity index (χ2v) is 4.94. The van der Waals surface area contributed by atoms with Crippen molar-refractivity contribution in [3.8, 4) is 0 Å². The molecule has 0 aromatic carbocycles. The summed E-state index contributed by atoms with van der Waals surface area (Å²) in [6.07, 6.45) is 3.34. The second kappa shape index (κ2) is 5.03. The largest absolute Gasteiger partial charge is 0.382 e. The Balaban J connectivity index is 1.57. The first-order valence-electron chi connectivity index (χ1n) is 6.49. The lowest BCUT2D eigenvalue weighted by molar-refractivity contribution is -0.143. The van der Waals surface area contributed by atoms with E-state index in [1.165, 1.54) is 4.90 Å². The molecule has 6 nitrogen and oxygen atoms in total. The van der Waals surface area contributed by atoms with Crippen LogP contribution < -0.4 is 0 Å². The van der Waals surface area contributed by atoms with Crippen LogP contribution in [0.25, 0.3) is 0 Å². The van der Waals surface area contributed by atoms with Gasteiger partial charge in [0.05, 0.1) is 50.4 Å². The number of fused-ring (bicyclic) bond motifs is 5. The van der Waals surface area contributed by atoms with Crippen LogP contribution in [0.3, 0.4) is 0 Å². The quantitative estimate of drug-likeness (QED) is 0.372. The monoisotopic (exact) mass is 267 g/mol. The molecular formula is C13H17NO5. The van der Waals surface area contributed by atoms with Crippen LogP contribution in [-0.2, 0) is 23.8 Å². The third-order valence-corrected chi connectivity index (χ3v) is 3.89. The fourth-order valence-corrected chi connectivity index (χ4v) is 2.99. The average Bonchev–Trinajstić information content (AvgIpc) is 3.06. The molecule has 3 rings (SSSR count). The first-order chi connectivity index (χ1) is 9.24. The van der Waals surface area contributed by atoms with Gasteiger partial charge >= 0.3 is 0 Å². The van der Waals surface area contributed by atoms with E-state index in [0.29, 0.717) is 26.4 Å². The van der Waals surface area contributed by atoms with Crippen LogP contribution >= 0.6 is 0 Å². The Bertz CT molecular complexity index is 391. The molecule has 4 atom stereocenters. The van der Waals surface area contributed by atoms with Gasteiger partial charge in [0.15, 0.2) is 0 Å². The van der Waals surface area contributed by atoms with E-state index in [0.717, 1.165) is 0 Å². The van der Waals surface area contributed by atoms with Crippen molar-refractivity contribution in [3.05, 3.63) is 12.2 Å². The number of likely N-dealkylation sites (tertiary alicyclic amines) is 1. The van der Waals surface area contributed by atoms with Crippen LogP contribution in [0, 0.1) is 11.8 Å². The SMILES string of the molecule is COCCOCCN1C(=O)C2C3C=CC(O3)C2C1=O. The Morgan fingerprint density at radius 1 is 1.11 bits per heavy atom. The van der Waals surface area contributed by atoms with Crippen molar-refractivity contribution in [1.82, 2.24) is 4.90 Å². The van der Waals surface area contributed by atoms with Gasteiger partial charge in [-0.3, -0.25) is 14.5 Å². The highest BCUT2D eigenvalue weighted by molar-refractivity contribution is 6.06. The van der Waals surface area contributed by atoms with Gasteiger partial charge in [-0.05, 0) is 0 Å². The van der Waals surface area contributed by atoms with Gasteiger partial charge in [0.25, 0.3) is 0 Å². The molecule has 4 unspecified atom stereocenters. The molecule has 0 aliphatic carbocycles. The molecule has 3 aliphatic rings. The van der Waals surface area contributed by atoms with Crippen LogP contribution in [0.5, 0.6) is 0 Å². The zero-order chi connectivity index (χ0) is 13.4. The molecule has 6 heteroatoms. The third kappa shape index (κ3) is 2.00. The second-order valence-electron chi connectivity index (χ2n) is 4.94. The summed E-state index contributed by atoms with van der Waals surface area (Å²) in [6, 6.07) is 0. The molecule has 2 saturated heterocycles. The van der Waals surface area contributed by atoms with Crippen LogP contribution in [0.2, 0.25) is 0 Å². The summed E-state index contributed by atoms with van der Waals surface area (Å²) in [4.78, 5) is 25.8. The number of nitrogens with zero attached hydrogens (tertiary/aromatic N) is 1. The molecule has 3 aliphatic heterocycles. The van der Waals surface area contributed by atoms with Gasteiger partial charge in [-0.15, -0.1) is 0 Å². The predicted octanol–water partition coefficient (Wildman–Crippen LogP) is -0.412. The Hall–Kier alpha value is -1.24. The minimum atomic E-state index is -0.318. The molecule has 0 aromatic heterocycles. The van der Waals surface area contributed by atoms with Gasteiger partial charge in [0.1, 0.15) is 0 Å². The molecule has 0 saturated carbocycles. The molecule has 2 bridgehead atoms. The van der Waals surface area contributed by atoms with Gasteiger partial charge < -0.3 is 14.2 Å². The number of rotatable bonds is 6. The van der Waals surface area contributed by atoms with Crippen molar-refractivity contribution >= 4 is 11.8 Å². The molecule has 2 amide bonds. The lowest BCUT2D eigenvalue weighted by atomic mass is 9.85. The smallest absolute Gasteiger partial charge is 0.236 e.